The summed E-state index contributed by atoms with van der Waals surface area (Å²) in [5.74, 6) is 0.392. The van der Waals surface area contributed by atoms with Crippen molar-refractivity contribution in [2.24, 2.45) is 5.92 Å². The number of rotatable bonds is 5. The van der Waals surface area contributed by atoms with Gasteiger partial charge in [0.1, 0.15) is 0 Å². The van der Waals surface area contributed by atoms with Crippen LogP contribution in [0.1, 0.15) is 30.4 Å². The van der Waals surface area contributed by atoms with Crippen LogP contribution in [0.15, 0.2) is 42.7 Å². The zero-order valence-corrected chi connectivity index (χ0v) is 11.6. The van der Waals surface area contributed by atoms with E-state index in [1.165, 1.54) is 11.1 Å². The second-order valence-electron chi connectivity index (χ2n) is 4.70. The van der Waals surface area contributed by atoms with Crippen molar-refractivity contribution in [3.63, 3.8) is 0 Å². The third-order valence-corrected chi connectivity index (χ3v) is 3.87. The van der Waals surface area contributed by atoms with Crippen LogP contribution in [0, 0.1) is 5.92 Å². The van der Waals surface area contributed by atoms with Gasteiger partial charge in [-0.3, -0.25) is 4.68 Å². The molecule has 1 aromatic carbocycles. The molecule has 0 aliphatic carbocycles. The first-order chi connectivity index (χ1) is 8.70. The lowest BCUT2D eigenvalue weighted by molar-refractivity contribution is 0.557. The van der Waals surface area contributed by atoms with Gasteiger partial charge in [0.05, 0.1) is 11.6 Å². The number of aromatic nitrogens is 2. The molecule has 0 fully saturated rings. The lowest BCUT2D eigenvalue weighted by Gasteiger charge is -2.17. The molecular weight excluding hydrogens is 244 g/mol. The van der Waals surface area contributed by atoms with Gasteiger partial charge >= 0.3 is 0 Å². The van der Waals surface area contributed by atoms with Crippen molar-refractivity contribution in [2.75, 3.05) is 0 Å². The number of alkyl halides is 1. The van der Waals surface area contributed by atoms with Gasteiger partial charge in [0.2, 0.25) is 0 Å². The van der Waals surface area contributed by atoms with Gasteiger partial charge in [-0.25, -0.2) is 0 Å². The van der Waals surface area contributed by atoms with E-state index in [0.717, 1.165) is 13.0 Å². The van der Waals surface area contributed by atoms with Crippen LogP contribution in [0.2, 0.25) is 0 Å². The van der Waals surface area contributed by atoms with E-state index in [4.69, 9.17) is 11.6 Å². The van der Waals surface area contributed by atoms with Crippen LogP contribution >= 0.6 is 11.6 Å². The van der Waals surface area contributed by atoms with E-state index < -0.39 is 0 Å². The fourth-order valence-electron chi connectivity index (χ4n) is 2.13. The number of hydrogen-bond acceptors (Lipinski definition) is 1. The Morgan fingerprint density at radius 2 is 2.00 bits per heavy atom. The highest BCUT2D eigenvalue weighted by Gasteiger charge is 2.17. The number of aryl methyl sites for hydroxylation is 1. The van der Waals surface area contributed by atoms with Gasteiger partial charge in [0, 0.05) is 12.7 Å². The molecule has 2 nitrogen and oxygen atoms in total. The van der Waals surface area contributed by atoms with Crippen molar-refractivity contribution >= 4 is 11.6 Å². The van der Waals surface area contributed by atoms with Crippen molar-refractivity contribution in [1.82, 2.24) is 9.78 Å². The average molecular weight is 263 g/mol. The number of hydrogen-bond donors (Lipinski definition) is 0. The molecule has 18 heavy (non-hydrogen) atoms. The van der Waals surface area contributed by atoms with E-state index in [1.54, 1.807) is 0 Å². The van der Waals surface area contributed by atoms with Crippen LogP contribution in [0.3, 0.4) is 0 Å². The molecule has 2 rings (SSSR count). The van der Waals surface area contributed by atoms with Gasteiger partial charge in [-0.05, 0) is 30.4 Å². The molecule has 0 saturated heterocycles. The summed E-state index contributed by atoms with van der Waals surface area (Å²) in [6.45, 7) is 5.19. The highest BCUT2D eigenvalue weighted by Crippen LogP contribution is 2.30. The standard InChI is InChI=1S/C15H19ClN2/c1-3-18-11-13(10-17-18)9-12(2)15(16)14-7-5-4-6-8-14/h4-8,10-12,15H,3,9H2,1-2H3. The Bertz CT molecular complexity index is 478. The summed E-state index contributed by atoms with van der Waals surface area (Å²) < 4.78 is 1.95. The lowest BCUT2D eigenvalue weighted by atomic mass is 9.95. The summed E-state index contributed by atoms with van der Waals surface area (Å²) in [5.41, 5.74) is 2.44. The summed E-state index contributed by atoms with van der Waals surface area (Å²) in [6.07, 6.45) is 5.00. The lowest BCUT2D eigenvalue weighted by Crippen LogP contribution is -2.07. The van der Waals surface area contributed by atoms with Gasteiger partial charge in [-0.2, -0.15) is 5.10 Å². The average Bonchev–Trinajstić information content (AvgIpc) is 2.86. The molecule has 2 atom stereocenters. The third kappa shape index (κ3) is 3.14. The first kappa shape index (κ1) is 13.2. The predicted molar refractivity (Wildman–Crippen MR) is 75.8 cm³/mol. The quantitative estimate of drug-likeness (QED) is 0.743. The Morgan fingerprint density at radius 1 is 1.28 bits per heavy atom. The van der Waals surface area contributed by atoms with Crippen molar-refractivity contribution in [1.29, 1.82) is 0 Å². The Kier molecular flexibility index (Phi) is 4.43. The summed E-state index contributed by atoms with van der Waals surface area (Å²) >= 11 is 6.52. The molecular formula is C15H19ClN2. The van der Waals surface area contributed by atoms with Crippen LogP contribution in [0.5, 0.6) is 0 Å². The zero-order chi connectivity index (χ0) is 13.0. The van der Waals surface area contributed by atoms with Gasteiger partial charge in [0.25, 0.3) is 0 Å². The van der Waals surface area contributed by atoms with E-state index in [0.29, 0.717) is 5.92 Å². The van der Waals surface area contributed by atoms with Crippen LogP contribution < -0.4 is 0 Å². The van der Waals surface area contributed by atoms with Crippen molar-refractivity contribution < 1.29 is 0 Å². The second-order valence-corrected chi connectivity index (χ2v) is 5.17. The zero-order valence-electron chi connectivity index (χ0n) is 10.9. The number of halogens is 1. The molecule has 96 valence electrons. The normalized spacial score (nSPS) is 14.4. The Hall–Kier alpha value is -1.28. The first-order valence-corrected chi connectivity index (χ1v) is 6.84. The number of benzene rings is 1. The molecule has 0 amide bonds. The van der Waals surface area contributed by atoms with E-state index in [9.17, 15) is 0 Å². The Labute approximate surface area is 114 Å². The molecule has 0 radical (unpaired) electrons. The fourth-order valence-corrected chi connectivity index (χ4v) is 2.36. The van der Waals surface area contributed by atoms with E-state index in [-0.39, 0.29) is 5.38 Å². The van der Waals surface area contributed by atoms with Gasteiger partial charge in [-0.15, -0.1) is 11.6 Å². The highest BCUT2D eigenvalue weighted by atomic mass is 35.5. The molecule has 2 unspecified atom stereocenters. The monoisotopic (exact) mass is 262 g/mol. The van der Waals surface area contributed by atoms with Gasteiger partial charge < -0.3 is 0 Å². The number of nitrogens with zero attached hydrogens (tertiary/aromatic N) is 2. The second kappa shape index (κ2) is 6.05. The van der Waals surface area contributed by atoms with E-state index in [1.807, 2.05) is 29.1 Å². The van der Waals surface area contributed by atoms with Crippen molar-refractivity contribution in [2.45, 2.75) is 32.2 Å². The first-order valence-electron chi connectivity index (χ1n) is 6.41. The maximum atomic E-state index is 6.52. The predicted octanol–water partition coefficient (Wildman–Crippen LogP) is 4.06. The van der Waals surface area contributed by atoms with E-state index in [2.05, 4.69) is 37.3 Å². The van der Waals surface area contributed by atoms with Crippen molar-refractivity contribution in [3.8, 4) is 0 Å². The van der Waals surface area contributed by atoms with Crippen LogP contribution in [-0.2, 0) is 13.0 Å². The minimum absolute atomic E-state index is 0.0520. The fraction of sp³-hybridized carbons (Fsp3) is 0.400. The molecule has 0 saturated carbocycles. The Balaban J connectivity index is 2.01. The molecule has 1 aromatic heterocycles. The maximum absolute atomic E-state index is 6.52. The topological polar surface area (TPSA) is 17.8 Å². The highest BCUT2D eigenvalue weighted by molar-refractivity contribution is 6.21. The molecule has 1 heterocycles. The summed E-state index contributed by atoms with van der Waals surface area (Å²) in [5, 5.41) is 4.35. The third-order valence-electron chi connectivity index (χ3n) is 3.19. The van der Waals surface area contributed by atoms with Crippen LogP contribution in [0.4, 0.5) is 0 Å². The molecule has 2 aromatic rings. The Morgan fingerprint density at radius 3 is 2.61 bits per heavy atom. The van der Waals surface area contributed by atoms with Crippen LogP contribution in [-0.4, -0.2) is 9.78 Å². The van der Waals surface area contributed by atoms with Gasteiger partial charge in [0.15, 0.2) is 0 Å². The van der Waals surface area contributed by atoms with Crippen LogP contribution in [0.25, 0.3) is 0 Å². The molecule has 3 heteroatoms. The SMILES string of the molecule is CCn1cc(CC(C)C(Cl)c2ccccc2)cn1. The molecule has 0 bridgehead atoms. The molecule has 0 aliphatic heterocycles. The minimum atomic E-state index is 0.0520. The van der Waals surface area contributed by atoms with Crippen molar-refractivity contribution in [3.05, 3.63) is 53.9 Å². The largest absolute Gasteiger partial charge is 0.273 e. The van der Waals surface area contributed by atoms with E-state index >= 15 is 0 Å². The smallest absolute Gasteiger partial charge is 0.0613 e. The summed E-state index contributed by atoms with van der Waals surface area (Å²) in [7, 11) is 0. The minimum Gasteiger partial charge on any atom is -0.273 e. The summed E-state index contributed by atoms with van der Waals surface area (Å²) in [4.78, 5) is 0. The molecule has 0 N–H and O–H groups in total. The molecule has 0 spiro atoms. The summed E-state index contributed by atoms with van der Waals surface area (Å²) in [6, 6.07) is 10.3. The van der Waals surface area contributed by atoms with Gasteiger partial charge in [-0.1, -0.05) is 37.3 Å². The maximum Gasteiger partial charge on any atom is 0.0613 e. The molecule has 0 aliphatic rings.